The zero-order valence-corrected chi connectivity index (χ0v) is 16.8. The predicted octanol–water partition coefficient (Wildman–Crippen LogP) is 4.18. The van der Waals surface area contributed by atoms with Gasteiger partial charge in [0.2, 0.25) is 0 Å². The maximum absolute atomic E-state index is 13.2. The molecule has 2 N–H and O–H groups in total. The number of carbonyl (C=O) groups is 2. The number of nitrogens with zero attached hydrogens (tertiary/aromatic N) is 2. The Hall–Kier alpha value is -3.54. The summed E-state index contributed by atoms with van der Waals surface area (Å²) < 4.78 is 2.08. The molecule has 0 aliphatic carbocycles. The van der Waals surface area contributed by atoms with Crippen molar-refractivity contribution in [3.63, 3.8) is 0 Å². The number of carbonyl (C=O) groups excluding carboxylic acids is 2. The van der Waals surface area contributed by atoms with Gasteiger partial charge in [-0.3, -0.25) is 9.69 Å². The smallest absolute Gasteiger partial charge is 0.321 e. The molecule has 0 unspecified atom stereocenters. The van der Waals surface area contributed by atoms with Gasteiger partial charge in [0.25, 0.3) is 5.91 Å². The van der Waals surface area contributed by atoms with Crippen LogP contribution in [-0.2, 0) is 0 Å². The monoisotopic (exact) mass is 388 g/mol. The Bertz CT molecular complexity index is 1080. The van der Waals surface area contributed by atoms with Crippen LogP contribution in [0.2, 0.25) is 0 Å². The lowest BCUT2D eigenvalue weighted by atomic mass is 10.1. The van der Waals surface area contributed by atoms with Gasteiger partial charge < -0.3 is 15.2 Å². The van der Waals surface area contributed by atoms with E-state index < -0.39 is 0 Å². The highest BCUT2D eigenvalue weighted by Gasteiger charge is 2.22. The van der Waals surface area contributed by atoms with Crippen LogP contribution in [0.15, 0.2) is 54.6 Å². The number of aryl methyl sites for hydroxylation is 3. The van der Waals surface area contributed by atoms with E-state index in [-0.39, 0.29) is 11.9 Å². The molecule has 1 aromatic heterocycles. The second-order valence-corrected chi connectivity index (χ2v) is 7.36. The van der Waals surface area contributed by atoms with E-state index in [9.17, 15) is 9.59 Å². The SMILES string of the molecule is Cc1ccc(-n2c(C)ccc2C)c(C(=O)Nc2cccc(N3CCNC3=O)c2)c1. The minimum atomic E-state index is -0.181. The third-order valence-electron chi connectivity index (χ3n) is 5.18. The van der Waals surface area contributed by atoms with E-state index >= 15 is 0 Å². The summed E-state index contributed by atoms with van der Waals surface area (Å²) in [6, 6.07) is 17.2. The molecule has 2 heterocycles. The van der Waals surface area contributed by atoms with Crippen LogP contribution in [0.5, 0.6) is 0 Å². The Morgan fingerprint density at radius 1 is 1.00 bits per heavy atom. The highest BCUT2D eigenvalue weighted by atomic mass is 16.2. The van der Waals surface area contributed by atoms with Crippen molar-refractivity contribution >= 4 is 23.3 Å². The summed E-state index contributed by atoms with van der Waals surface area (Å²) >= 11 is 0. The van der Waals surface area contributed by atoms with E-state index in [0.717, 1.165) is 28.3 Å². The molecule has 1 aliphatic heterocycles. The standard InChI is InChI=1S/C23H24N4O2/c1-15-7-10-21(27-16(2)8-9-17(27)3)20(13-15)22(28)25-18-5-4-6-19(14-18)26-12-11-24-23(26)29/h4-10,13-14H,11-12H2,1-3H3,(H,24,29)(H,25,28). The Morgan fingerprint density at radius 3 is 2.45 bits per heavy atom. The molecule has 0 radical (unpaired) electrons. The number of rotatable bonds is 4. The van der Waals surface area contributed by atoms with Crippen molar-refractivity contribution < 1.29 is 9.59 Å². The summed E-state index contributed by atoms with van der Waals surface area (Å²) in [6.07, 6.45) is 0. The van der Waals surface area contributed by atoms with Gasteiger partial charge in [0.05, 0.1) is 11.3 Å². The van der Waals surface area contributed by atoms with Crippen LogP contribution < -0.4 is 15.5 Å². The predicted molar refractivity (Wildman–Crippen MR) is 115 cm³/mol. The minimum Gasteiger partial charge on any atom is -0.336 e. The largest absolute Gasteiger partial charge is 0.336 e. The fourth-order valence-electron chi connectivity index (χ4n) is 3.74. The van der Waals surface area contributed by atoms with Gasteiger partial charge >= 0.3 is 6.03 Å². The van der Waals surface area contributed by atoms with Crippen molar-refractivity contribution in [3.05, 3.63) is 77.1 Å². The second kappa shape index (κ2) is 7.47. The molecule has 6 nitrogen and oxygen atoms in total. The van der Waals surface area contributed by atoms with Crippen molar-refractivity contribution in [2.45, 2.75) is 20.8 Å². The summed E-state index contributed by atoms with van der Waals surface area (Å²) in [5, 5.41) is 5.79. The lowest BCUT2D eigenvalue weighted by Crippen LogP contribution is -2.27. The van der Waals surface area contributed by atoms with Crippen molar-refractivity contribution in [2.24, 2.45) is 0 Å². The summed E-state index contributed by atoms with van der Waals surface area (Å²) in [5.41, 5.74) is 6.04. The first-order chi connectivity index (χ1) is 13.9. The molecule has 2 aromatic carbocycles. The molecule has 6 heteroatoms. The zero-order valence-electron chi connectivity index (χ0n) is 16.8. The summed E-state index contributed by atoms with van der Waals surface area (Å²) in [6.45, 7) is 7.27. The van der Waals surface area contributed by atoms with Crippen LogP contribution in [0.3, 0.4) is 0 Å². The van der Waals surface area contributed by atoms with Crippen LogP contribution in [0, 0.1) is 20.8 Å². The topological polar surface area (TPSA) is 66.4 Å². The maximum atomic E-state index is 13.2. The van der Waals surface area contributed by atoms with Crippen LogP contribution in [0.25, 0.3) is 5.69 Å². The molecule has 29 heavy (non-hydrogen) atoms. The Balaban J connectivity index is 1.66. The molecule has 0 saturated carbocycles. The van der Waals surface area contributed by atoms with E-state index in [1.807, 2.05) is 75.4 Å². The number of anilines is 2. The number of amides is 3. The first-order valence-electron chi connectivity index (χ1n) is 9.67. The van der Waals surface area contributed by atoms with Crippen molar-refractivity contribution in [3.8, 4) is 5.69 Å². The fraction of sp³-hybridized carbons (Fsp3) is 0.217. The minimum absolute atomic E-state index is 0.118. The lowest BCUT2D eigenvalue weighted by molar-refractivity contribution is 0.102. The molecule has 1 saturated heterocycles. The molecule has 4 rings (SSSR count). The molecule has 0 spiro atoms. The number of nitrogens with one attached hydrogen (secondary N) is 2. The Labute approximate surface area is 170 Å². The summed E-state index contributed by atoms with van der Waals surface area (Å²) in [7, 11) is 0. The highest BCUT2D eigenvalue weighted by Crippen LogP contribution is 2.25. The van der Waals surface area contributed by atoms with Gasteiger partial charge in [0.15, 0.2) is 0 Å². The third kappa shape index (κ3) is 3.61. The Morgan fingerprint density at radius 2 is 1.76 bits per heavy atom. The highest BCUT2D eigenvalue weighted by molar-refractivity contribution is 6.07. The molecule has 0 atom stereocenters. The zero-order chi connectivity index (χ0) is 20.5. The number of urea groups is 1. The van der Waals surface area contributed by atoms with Crippen molar-refractivity contribution in [2.75, 3.05) is 23.3 Å². The van der Waals surface area contributed by atoms with Crippen LogP contribution >= 0.6 is 0 Å². The van der Waals surface area contributed by atoms with Gasteiger partial charge in [-0.1, -0.05) is 17.7 Å². The third-order valence-corrected chi connectivity index (χ3v) is 5.18. The van der Waals surface area contributed by atoms with E-state index in [4.69, 9.17) is 0 Å². The maximum Gasteiger partial charge on any atom is 0.321 e. The number of aromatic nitrogens is 1. The number of hydrogen-bond donors (Lipinski definition) is 2. The summed E-state index contributed by atoms with van der Waals surface area (Å²) in [4.78, 5) is 26.8. The Kier molecular flexibility index (Phi) is 4.84. The van der Waals surface area contributed by atoms with E-state index in [0.29, 0.717) is 24.3 Å². The normalized spacial score (nSPS) is 13.5. The first-order valence-corrected chi connectivity index (χ1v) is 9.67. The molecule has 3 aromatic rings. The molecule has 1 aliphatic rings. The van der Waals surface area contributed by atoms with Gasteiger partial charge in [0, 0.05) is 35.9 Å². The van der Waals surface area contributed by atoms with Crippen LogP contribution in [0.4, 0.5) is 16.2 Å². The number of benzene rings is 2. The second-order valence-electron chi connectivity index (χ2n) is 7.36. The van der Waals surface area contributed by atoms with E-state index in [2.05, 4.69) is 15.2 Å². The lowest BCUT2D eigenvalue weighted by Gasteiger charge is -2.17. The molecule has 1 fully saturated rings. The summed E-state index contributed by atoms with van der Waals surface area (Å²) in [5.74, 6) is -0.181. The van der Waals surface area contributed by atoms with Gasteiger partial charge in [-0.2, -0.15) is 0 Å². The fourth-order valence-corrected chi connectivity index (χ4v) is 3.74. The molecular formula is C23H24N4O2. The molecule has 0 bridgehead atoms. The van der Waals surface area contributed by atoms with Gasteiger partial charge in [-0.05, 0) is 63.2 Å². The van der Waals surface area contributed by atoms with Crippen molar-refractivity contribution in [1.29, 1.82) is 0 Å². The van der Waals surface area contributed by atoms with E-state index in [1.165, 1.54) is 0 Å². The first kappa shape index (κ1) is 18.8. The average molecular weight is 388 g/mol. The average Bonchev–Trinajstić information content (AvgIpc) is 3.27. The van der Waals surface area contributed by atoms with Gasteiger partial charge in [-0.15, -0.1) is 0 Å². The van der Waals surface area contributed by atoms with Crippen LogP contribution in [-0.4, -0.2) is 29.6 Å². The van der Waals surface area contributed by atoms with E-state index in [1.54, 1.807) is 4.90 Å². The molecule has 3 amide bonds. The molecule has 148 valence electrons. The van der Waals surface area contributed by atoms with Gasteiger partial charge in [0.1, 0.15) is 0 Å². The van der Waals surface area contributed by atoms with Gasteiger partial charge in [-0.25, -0.2) is 4.79 Å². The quantitative estimate of drug-likeness (QED) is 0.704. The number of hydrogen-bond acceptors (Lipinski definition) is 2. The van der Waals surface area contributed by atoms with Crippen molar-refractivity contribution in [1.82, 2.24) is 9.88 Å². The molecular weight excluding hydrogens is 364 g/mol. The van der Waals surface area contributed by atoms with Crippen LogP contribution in [0.1, 0.15) is 27.3 Å².